The van der Waals surface area contributed by atoms with Gasteiger partial charge in [-0.25, -0.2) is 0 Å². The molecular formula is C9H19NO6P2. The summed E-state index contributed by atoms with van der Waals surface area (Å²) in [6.07, 6.45) is 3.40. The third-order valence-electron chi connectivity index (χ3n) is 3.01. The van der Waals surface area contributed by atoms with Gasteiger partial charge in [-0.2, -0.15) is 0 Å². The van der Waals surface area contributed by atoms with Gasteiger partial charge in [-0.15, -0.1) is 0 Å². The van der Waals surface area contributed by atoms with Crippen molar-refractivity contribution in [2.75, 3.05) is 12.3 Å². The average molecular weight is 299 g/mol. The van der Waals surface area contributed by atoms with E-state index in [9.17, 15) is 9.13 Å². The van der Waals surface area contributed by atoms with Crippen LogP contribution in [0.4, 0.5) is 0 Å². The molecule has 2 atom stereocenters. The molecule has 0 amide bonds. The Labute approximate surface area is 106 Å². The Morgan fingerprint density at radius 2 is 1.61 bits per heavy atom. The van der Waals surface area contributed by atoms with Crippen molar-refractivity contribution in [3.8, 4) is 0 Å². The van der Waals surface area contributed by atoms with Crippen LogP contribution in [-0.4, -0.2) is 44.2 Å². The summed E-state index contributed by atoms with van der Waals surface area (Å²) in [4.78, 5) is 39.5. The molecule has 0 bridgehead atoms. The Hall–Kier alpha value is -0.0300. The van der Waals surface area contributed by atoms with Gasteiger partial charge in [0, 0.05) is 0 Å². The van der Waals surface area contributed by atoms with Crippen LogP contribution in [0.15, 0.2) is 4.99 Å². The van der Waals surface area contributed by atoms with Gasteiger partial charge in [0.1, 0.15) is 0 Å². The van der Waals surface area contributed by atoms with Crippen molar-refractivity contribution in [3.63, 3.8) is 0 Å². The lowest BCUT2D eigenvalue weighted by atomic mass is 9.89. The second-order valence-electron chi connectivity index (χ2n) is 4.59. The zero-order valence-corrected chi connectivity index (χ0v) is 11.7. The summed E-state index contributed by atoms with van der Waals surface area (Å²) >= 11 is 0. The monoisotopic (exact) mass is 299 g/mol. The van der Waals surface area contributed by atoms with Gasteiger partial charge in [-0.05, 0) is 37.8 Å². The highest BCUT2D eigenvalue weighted by atomic mass is 31.2. The lowest BCUT2D eigenvalue weighted by molar-refractivity contribution is 0.331. The minimum Gasteiger partial charge on any atom is -0.324 e. The Morgan fingerprint density at radius 3 is 2.17 bits per heavy atom. The maximum atomic E-state index is 10.8. The number of hydrogen-bond donors (Lipinski definition) is 4. The molecule has 0 aromatic heterocycles. The van der Waals surface area contributed by atoms with E-state index in [1.807, 2.05) is 0 Å². The molecule has 4 N–H and O–H groups in total. The molecule has 9 heteroatoms. The molecule has 106 valence electrons. The van der Waals surface area contributed by atoms with Gasteiger partial charge in [0.05, 0.1) is 18.4 Å². The fourth-order valence-corrected chi connectivity index (χ4v) is 3.36. The second-order valence-corrected chi connectivity index (χ2v) is 8.14. The number of aliphatic imine (C=N–C) groups is 1. The zero-order valence-electron chi connectivity index (χ0n) is 9.92. The highest BCUT2D eigenvalue weighted by Crippen LogP contribution is 2.40. The Bertz CT molecular complexity index is 387. The van der Waals surface area contributed by atoms with Crippen molar-refractivity contribution in [2.45, 2.75) is 31.7 Å². The van der Waals surface area contributed by atoms with Gasteiger partial charge >= 0.3 is 15.2 Å². The summed E-state index contributed by atoms with van der Waals surface area (Å²) in [6, 6.07) is -0.238. The first kappa shape index (κ1) is 16.0. The van der Waals surface area contributed by atoms with Gasteiger partial charge in [0.25, 0.3) is 0 Å². The van der Waals surface area contributed by atoms with Gasteiger partial charge in [0.2, 0.25) is 0 Å². The maximum absolute atomic E-state index is 10.8. The fraction of sp³-hybridized carbons (Fsp3) is 0.889. The molecule has 7 nitrogen and oxygen atoms in total. The molecule has 2 unspecified atom stereocenters. The Morgan fingerprint density at radius 1 is 1.06 bits per heavy atom. The smallest absolute Gasteiger partial charge is 0.324 e. The van der Waals surface area contributed by atoms with Crippen LogP contribution in [0.1, 0.15) is 25.7 Å². The highest BCUT2D eigenvalue weighted by Gasteiger charge is 2.27. The van der Waals surface area contributed by atoms with E-state index in [4.69, 9.17) is 19.6 Å². The van der Waals surface area contributed by atoms with E-state index >= 15 is 0 Å². The van der Waals surface area contributed by atoms with E-state index < -0.39 is 15.2 Å². The fourth-order valence-electron chi connectivity index (χ4n) is 2.09. The highest BCUT2D eigenvalue weighted by molar-refractivity contribution is 7.52. The van der Waals surface area contributed by atoms with E-state index in [1.165, 1.54) is 0 Å². The molecule has 0 aromatic carbocycles. The van der Waals surface area contributed by atoms with Crippen LogP contribution in [-0.2, 0) is 9.13 Å². The summed E-state index contributed by atoms with van der Waals surface area (Å²) < 4.78 is 21.6. The summed E-state index contributed by atoms with van der Waals surface area (Å²) in [5.74, 6) is -0.00539. The zero-order chi connectivity index (χ0) is 13.8. The molecule has 1 heterocycles. The van der Waals surface area contributed by atoms with Crippen molar-refractivity contribution in [1.29, 1.82) is 0 Å². The van der Waals surface area contributed by atoms with Gasteiger partial charge in [-0.1, -0.05) is 0 Å². The normalized spacial score (nSPS) is 25.3. The van der Waals surface area contributed by atoms with Crippen LogP contribution < -0.4 is 0 Å². The number of nitrogens with zero attached hydrogens (tertiary/aromatic N) is 1. The predicted octanol–water partition coefficient (Wildman–Crippen LogP) is 0.971. The van der Waals surface area contributed by atoms with E-state index in [2.05, 4.69) is 4.99 Å². The van der Waals surface area contributed by atoms with Crippen LogP contribution in [0.25, 0.3) is 0 Å². The van der Waals surface area contributed by atoms with Crippen molar-refractivity contribution in [2.24, 2.45) is 10.9 Å². The standard InChI is InChI=1S/C9H19NO6P2/c11-17(12,13)6-3-8-2-1-5-10-9(8)4-7-18(14,15)16/h5,8-9H,1-4,6-7H2,(H2,11,12,13)(H2,14,15,16). The molecule has 1 rings (SSSR count). The molecule has 1 aliphatic rings. The lowest BCUT2D eigenvalue weighted by Crippen LogP contribution is -2.24. The van der Waals surface area contributed by atoms with Crippen molar-refractivity contribution in [1.82, 2.24) is 0 Å². The topological polar surface area (TPSA) is 127 Å². The molecule has 0 saturated heterocycles. The average Bonchev–Trinajstić information content (AvgIpc) is 2.22. The molecule has 1 aliphatic heterocycles. The summed E-state index contributed by atoms with van der Waals surface area (Å²) in [7, 11) is -8.05. The number of hydrogen-bond acceptors (Lipinski definition) is 3. The van der Waals surface area contributed by atoms with Crippen LogP contribution in [0.5, 0.6) is 0 Å². The summed E-state index contributed by atoms with van der Waals surface area (Å²) in [6.45, 7) is 0. The molecule has 0 fully saturated rings. The van der Waals surface area contributed by atoms with Crippen LogP contribution in [0, 0.1) is 5.92 Å². The molecule has 0 radical (unpaired) electrons. The molecule has 18 heavy (non-hydrogen) atoms. The summed E-state index contributed by atoms with van der Waals surface area (Å²) in [5, 5.41) is 0. The van der Waals surface area contributed by atoms with Crippen molar-refractivity contribution in [3.05, 3.63) is 0 Å². The third-order valence-corrected chi connectivity index (χ3v) is 4.70. The van der Waals surface area contributed by atoms with E-state index in [1.54, 1.807) is 6.21 Å². The first-order valence-corrected chi connectivity index (χ1v) is 9.38. The molecule has 0 saturated carbocycles. The first-order chi connectivity index (χ1) is 8.17. The van der Waals surface area contributed by atoms with Crippen LogP contribution >= 0.6 is 15.2 Å². The maximum Gasteiger partial charge on any atom is 0.325 e. The van der Waals surface area contributed by atoms with Crippen molar-refractivity contribution < 1.29 is 28.7 Å². The molecule has 0 aliphatic carbocycles. The minimum absolute atomic E-state index is 0.00539. The van der Waals surface area contributed by atoms with Crippen LogP contribution in [0.2, 0.25) is 0 Å². The molecule has 0 aromatic rings. The van der Waals surface area contributed by atoms with Gasteiger partial charge in [0.15, 0.2) is 0 Å². The van der Waals surface area contributed by atoms with E-state index in [-0.39, 0.29) is 30.7 Å². The minimum atomic E-state index is -4.04. The summed E-state index contributed by atoms with van der Waals surface area (Å²) in [5.41, 5.74) is 0. The number of rotatable bonds is 6. The largest absolute Gasteiger partial charge is 0.325 e. The Balaban J connectivity index is 2.51. The predicted molar refractivity (Wildman–Crippen MR) is 68.1 cm³/mol. The lowest BCUT2D eigenvalue weighted by Gasteiger charge is -2.27. The van der Waals surface area contributed by atoms with Gasteiger partial charge in [-0.3, -0.25) is 14.1 Å². The first-order valence-electron chi connectivity index (χ1n) is 5.78. The molecular weight excluding hydrogens is 280 g/mol. The Kier molecular flexibility index (Phi) is 5.71. The van der Waals surface area contributed by atoms with E-state index in [0.29, 0.717) is 6.42 Å². The SMILES string of the molecule is O=P(O)(O)CCC1CCC=NC1CCP(=O)(O)O. The van der Waals surface area contributed by atoms with E-state index in [0.717, 1.165) is 12.8 Å². The second kappa shape index (κ2) is 6.42. The molecule has 0 spiro atoms. The third kappa shape index (κ3) is 6.78. The quantitative estimate of drug-likeness (QED) is 0.541. The van der Waals surface area contributed by atoms with Crippen LogP contribution in [0.3, 0.4) is 0 Å². The van der Waals surface area contributed by atoms with Crippen molar-refractivity contribution >= 4 is 21.4 Å². The van der Waals surface area contributed by atoms with Gasteiger partial charge < -0.3 is 19.6 Å².